The zero-order valence-corrected chi connectivity index (χ0v) is 17.2. The summed E-state index contributed by atoms with van der Waals surface area (Å²) in [4.78, 5) is 16.1. The third-order valence-electron chi connectivity index (χ3n) is 3.78. The van der Waals surface area contributed by atoms with Crippen LogP contribution in [0.25, 0.3) is 10.6 Å². The number of carbonyl (C=O) groups is 1. The number of benzene rings is 2. The van der Waals surface area contributed by atoms with Crippen LogP contribution in [0.2, 0.25) is 5.02 Å². The van der Waals surface area contributed by atoms with Gasteiger partial charge in [-0.05, 0) is 42.5 Å². The molecule has 28 heavy (non-hydrogen) atoms. The Kier molecular flexibility index (Phi) is 5.59. The van der Waals surface area contributed by atoms with Gasteiger partial charge in [0.25, 0.3) is 0 Å². The summed E-state index contributed by atoms with van der Waals surface area (Å²) < 4.78 is 28.4. The van der Waals surface area contributed by atoms with Crippen LogP contribution < -0.4 is 10.1 Å². The van der Waals surface area contributed by atoms with E-state index in [1.54, 1.807) is 31.4 Å². The molecule has 146 valence electrons. The highest BCUT2D eigenvalue weighted by atomic mass is 35.5. The van der Waals surface area contributed by atoms with E-state index in [0.717, 1.165) is 23.2 Å². The lowest BCUT2D eigenvalue weighted by molar-refractivity contribution is 0.0703. The van der Waals surface area contributed by atoms with Crippen LogP contribution in [-0.4, -0.2) is 37.8 Å². The number of halogens is 1. The summed E-state index contributed by atoms with van der Waals surface area (Å²) in [6, 6.07) is 11.2. The molecule has 0 aliphatic carbocycles. The summed E-state index contributed by atoms with van der Waals surface area (Å²) in [5.41, 5.74) is 1.09. The number of anilines is 2. The molecule has 1 heterocycles. The number of carboxylic acids is 1. The van der Waals surface area contributed by atoms with Crippen LogP contribution in [0.5, 0.6) is 5.75 Å². The molecule has 3 aromatic rings. The van der Waals surface area contributed by atoms with Crippen molar-refractivity contribution >= 4 is 50.2 Å². The normalized spacial score (nSPS) is 11.2. The van der Waals surface area contributed by atoms with Crippen LogP contribution in [0.4, 0.5) is 11.5 Å². The van der Waals surface area contributed by atoms with E-state index in [4.69, 9.17) is 16.3 Å². The molecule has 2 N–H and O–H groups in total. The number of carboxylic acid groups (broad SMARTS) is 1. The minimum atomic E-state index is -3.40. The summed E-state index contributed by atoms with van der Waals surface area (Å²) >= 11 is 7.18. The fourth-order valence-electron chi connectivity index (χ4n) is 2.36. The maximum Gasteiger partial charge on any atom is 0.349 e. The highest BCUT2D eigenvalue weighted by Crippen LogP contribution is 2.35. The van der Waals surface area contributed by atoms with Crippen LogP contribution in [0.3, 0.4) is 0 Å². The SMILES string of the molecule is COc1ccc(-c2nc(Nc3ccc(S(C)(=O)=O)cc3Cl)c(C(=O)O)s2)cc1. The lowest BCUT2D eigenvalue weighted by Gasteiger charge is -2.08. The molecule has 0 bridgehead atoms. The first-order valence-corrected chi connectivity index (χ1v) is 10.9. The van der Waals surface area contributed by atoms with E-state index in [0.29, 0.717) is 16.4 Å². The Bertz CT molecular complexity index is 1140. The predicted molar refractivity (Wildman–Crippen MR) is 109 cm³/mol. The molecule has 0 saturated heterocycles. The highest BCUT2D eigenvalue weighted by molar-refractivity contribution is 7.90. The van der Waals surface area contributed by atoms with Crippen LogP contribution in [0, 0.1) is 0 Å². The van der Waals surface area contributed by atoms with Crippen LogP contribution in [-0.2, 0) is 9.84 Å². The van der Waals surface area contributed by atoms with Crippen molar-refractivity contribution < 1.29 is 23.1 Å². The highest BCUT2D eigenvalue weighted by Gasteiger charge is 2.20. The van der Waals surface area contributed by atoms with Gasteiger partial charge in [-0.25, -0.2) is 18.2 Å². The molecule has 2 aromatic carbocycles. The predicted octanol–water partition coefficient (Wildman–Crippen LogP) is 4.32. The standard InChI is InChI=1S/C18H15ClN2O5S2/c1-26-11-5-3-10(4-6-11)17-21-16(15(27-17)18(22)23)20-14-8-7-12(9-13(14)19)28(2,24)25/h3-9,20H,1-2H3,(H,22,23). The lowest BCUT2D eigenvalue weighted by atomic mass is 10.2. The first-order valence-electron chi connectivity index (χ1n) is 7.84. The number of sulfone groups is 1. The summed E-state index contributed by atoms with van der Waals surface area (Å²) in [5.74, 6) is -0.337. The number of nitrogens with one attached hydrogen (secondary N) is 1. The van der Waals surface area contributed by atoms with Crippen molar-refractivity contribution in [2.45, 2.75) is 4.90 Å². The maximum absolute atomic E-state index is 11.6. The number of aromatic carboxylic acids is 1. The Morgan fingerprint density at radius 3 is 2.43 bits per heavy atom. The Labute approximate surface area is 170 Å². The molecule has 0 atom stereocenters. The number of thiazole rings is 1. The largest absolute Gasteiger partial charge is 0.497 e. The zero-order valence-electron chi connectivity index (χ0n) is 14.8. The fraction of sp³-hybridized carbons (Fsp3) is 0.111. The molecule has 0 fully saturated rings. The van der Waals surface area contributed by atoms with Gasteiger partial charge in [-0.1, -0.05) is 11.6 Å². The second-order valence-electron chi connectivity index (χ2n) is 5.77. The third kappa shape index (κ3) is 4.27. The summed E-state index contributed by atoms with van der Waals surface area (Å²) in [7, 11) is -1.85. The molecular formula is C18H15ClN2O5S2. The number of rotatable bonds is 6. The molecule has 1 aromatic heterocycles. The van der Waals surface area contributed by atoms with Gasteiger partial charge >= 0.3 is 5.97 Å². The lowest BCUT2D eigenvalue weighted by Crippen LogP contribution is -2.01. The molecule has 0 amide bonds. The molecule has 0 aliphatic rings. The fourth-order valence-corrected chi connectivity index (χ4v) is 4.17. The van der Waals surface area contributed by atoms with E-state index in [1.807, 2.05) is 0 Å². The molecule has 7 nitrogen and oxygen atoms in total. The van der Waals surface area contributed by atoms with Gasteiger partial charge in [-0.2, -0.15) is 0 Å². The van der Waals surface area contributed by atoms with Gasteiger partial charge in [-0.15, -0.1) is 11.3 Å². The van der Waals surface area contributed by atoms with Gasteiger partial charge in [0.1, 0.15) is 10.8 Å². The molecule has 10 heteroatoms. The second kappa shape index (κ2) is 7.78. The van der Waals surface area contributed by atoms with Crippen molar-refractivity contribution in [1.29, 1.82) is 0 Å². The Balaban J connectivity index is 1.97. The molecule has 0 aliphatic heterocycles. The molecule has 0 saturated carbocycles. The Morgan fingerprint density at radius 1 is 1.21 bits per heavy atom. The van der Waals surface area contributed by atoms with Gasteiger partial charge in [0.05, 0.1) is 22.7 Å². The average molecular weight is 439 g/mol. The zero-order chi connectivity index (χ0) is 20.5. The summed E-state index contributed by atoms with van der Waals surface area (Å²) in [6.45, 7) is 0. The van der Waals surface area contributed by atoms with E-state index < -0.39 is 15.8 Å². The van der Waals surface area contributed by atoms with Crippen molar-refractivity contribution in [3.63, 3.8) is 0 Å². The minimum Gasteiger partial charge on any atom is -0.497 e. The first-order chi connectivity index (χ1) is 13.2. The quantitative estimate of drug-likeness (QED) is 0.590. The third-order valence-corrected chi connectivity index (χ3v) is 6.30. The molecule has 0 radical (unpaired) electrons. The number of methoxy groups -OCH3 is 1. The van der Waals surface area contributed by atoms with Gasteiger partial charge in [0.2, 0.25) is 0 Å². The van der Waals surface area contributed by atoms with Crippen molar-refractivity contribution in [2.24, 2.45) is 0 Å². The van der Waals surface area contributed by atoms with E-state index in [-0.39, 0.29) is 20.6 Å². The van der Waals surface area contributed by atoms with Gasteiger partial charge < -0.3 is 15.2 Å². The van der Waals surface area contributed by atoms with Crippen molar-refractivity contribution in [1.82, 2.24) is 4.98 Å². The van der Waals surface area contributed by atoms with E-state index in [2.05, 4.69) is 10.3 Å². The second-order valence-corrected chi connectivity index (χ2v) is 9.19. The number of hydrogen-bond acceptors (Lipinski definition) is 7. The van der Waals surface area contributed by atoms with Crippen LogP contribution in [0.1, 0.15) is 9.67 Å². The number of ether oxygens (including phenoxy) is 1. The van der Waals surface area contributed by atoms with Gasteiger partial charge in [0.15, 0.2) is 20.5 Å². The molecule has 3 rings (SSSR count). The molecule has 0 spiro atoms. The smallest absolute Gasteiger partial charge is 0.349 e. The van der Waals surface area contributed by atoms with Crippen molar-refractivity contribution in [3.05, 3.63) is 52.4 Å². The maximum atomic E-state index is 11.6. The monoisotopic (exact) mass is 438 g/mol. The van der Waals surface area contributed by atoms with Gasteiger partial charge in [0, 0.05) is 11.8 Å². The van der Waals surface area contributed by atoms with E-state index >= 15 is 0 Å². The van der Waals surface area contributed by atoms with E-state index in [9.17, 15) is 18.3 Å². The Hall–Kier alpha value is -2.62. The van der Waals surface area contributed by atoms with E-state index in [1.165, 1.54) is 18.2 Å². The van der Waals surface area contributed by atoms with Crippen LogP contribution >= 0.6 is 22.9 Å². The van der Waals surface area contributed by atoms with Crippen molar-refractivity contribution in [3.8, 4) is 16.3 Å². The average Bonchev–Trinajstić information content (AvgIpc) is 3.07. The number of nitrogens with zero attached hydrogens (tertiary/aromatic N) is 1. The summed E-state index contributed by atoms with van der Waals surface area (Å²) in [5, 5.41) is 13.0. The topological polar surface area (TPSA) is 106 Å². The Morgan fingerprint density at radius 2 is 1.89 bits per heavy atom. The number of hydrogen-bond donors (Lipinski definition) is 2. The minimum absolute atomic E-state index is 0.00840. The van der Waals surface area contributed by atoms with Crippen molar-refractivity contribution in [2.75, 3.05) is 18.7 Å². The molecule has 0 unspecified atom stereocenters. The first kappa shape index (κ1) is 20.1. The molecular weight excluding hydrogens is 424 g/mol. The van der Waals surface area contributed by atoms with Gasteiger partial charge in [-0.3, -0.25) is 0 Å². The number of aromatic nitrogens is 1. The van der Waals surface area contributed by atoms with Crippen LogP contribution in [0.15, 0.2) is 47.4 Å². The summed E-state index contributed by atoms with van der Waals surface area (Å²) in [6.07, 6.45) is 1.08.